The number of hydrogen-bond donors (Lipinski definition) is 1. The summed E-state index contributed by atoms with van der Waals surface area (Å²) in [5, 5.41) is 10.6. The number of likely N-dealkylation sites (N-methyl/N-ethyl adjacent to an activating group) is 1. The van der Waals surface area contributed by atoms with Crippen LogP contribution in [0.2, 0.25) is 0 Å². The van der Waals surface area contributed by atoms with E-state index in [4.69, 9.17) is 5.73 Å². The van der Waals surface area contributed by atoms with Gasteiger partial charge < -0.3 is 20.7 Å². The van der Waals surface area contributed by atoms with E-state index in [1.807, 2.05) is 0 Å². The molecule has 6 heteroatoms. The minimum atomic E-state index is -0.498. The molecular weight excluding hydrogens is 184 g/mol. The molecule has 0 radical (unpaired) electrons. The van der Waals surface area contributed by atoms with Crippen LogP contribution >= 0.6 is 0 Å². The van der Waals surface area contributed by atoms with Gasteiger partial charge in [0.05, 0.1) is 0 Å². The largest absolute Gasteiger partial charge is 0.387 e. The average molecular weight is 196 g/mol. The van der Waals surface area contributed by atoms with Crippen LogP contribution in [-0.2, 0) is 0 Å². The summed E-state index contributed by atoms with van der Waals surface area (Å²) in [5.74, 6) is -0.136. The summed E-state index contributed by atoms with van der Waals surface area (Å²) >= 11 is 0. The lowest BCUT2D eigenvalue weighted by Gasteiger charge is -2.16. The number of nitrogens with two attached hydrogens (primary N) is 1. The first-order chi connectivity index (χ1) is 6.66. The molecule has 1 rings (SSSR count). The van der Waals surface area contributed by atoms with Gasteiger partial charge in [-0.2, -0.15) is 0 Å². The van der Waals surface area contributed by atoms with Crippen molar-refractivity contribution >= 4 is 11.5 Å². The van der Waals surface area contributed by atoms with E-state index in [0.29, 0.717) is 18.8 Å². The van der Waals surface area contributed by atoms with Crippen LogP contribution in [0.4, 0.5) is 11.5 Å². The summed E-state index contributed by atoms with van der Waals surface area (Å²) in [5.41, 5.74) is 5.85. The fraction of sp³-hybridized carbons (Fsp3) is 0.375. The molecule has 0 aliphatic rings. The Morgan fingerprint density at radius 2 is 2.43 bits per heavy atom. The Morgan fingerprint density at radius 1 is 1.71 bits per heavy atom. The third-order valence-electron chi connectivity index (χ3n) is 1.81. The molecule has 0 fully saturated rings. The molecule has 0 aromatic carbocycles. The van der Waals surface area contributed by atoms with Crippen LogP contribution in [0.3, 0.4) is 0 Å². The number of aromatic nitrogens is 1. The quantitative estimate of drug-likeness (QED) is 0.556. The number of nitro groups is 1. The smallest absolute Gasteiger partial charge is 0.366 e. The first-order valence-electron chi connectivity index (χ1n) is 4.17. The van der Waals surface area contributed by atoms with E-state index in [1.54, 1.807) is 24.1 Å². The lowest BCUT2D eigenvalue weighted by atomic mass is 10.3. The Balaban J connectivity index is 3.00. The molecule has 14 heavy (non-hydrogen) atoms. The van der Waals surface area contributed by atoms with Gasteiger partial charge in [0, 0.05) is 20.1 Å². The first-order valence-corrected chi connectivity index (χ1v) is 4.17. The van der Waals surface area contributed by atoms with E-state index >= 15 is 0 Å². The van der Waals surface area contributed by atoms with Crippen molar-refractivity contribution in [2.45, 2.75) is 0 Å². The van der Waals surface area contributed by atoms with Crippen molar-refractivity contribution in [3.8, 4) is 0 Å². The number of pyridine rings is 1. The van der Waals surface area contributed by atoms with Gasteiger partial charge in [-0.25, -0.2) is 0 Å². The predicted molar refractivity (Wildman–Crippen MR) is 53.2 cm³/mol. The van der Waals surface area contributed by atoms with E-state index in [-0.39, 0.29) is 5.82 Å². The molecule has 76 valence electrons. The minimum Gasteiger partial charge on any atom is -0.366 e. The molecule has 1 aromatic heterocycles. The second kappa shape index (κ2) is 4.52. The predicted octanol–water partition coefficient (Wildman–Crippen LogP) is 0.385. The van der Waals surface area contributed by atoms with Crippen molar-refractivity contribution in [1.29, 1.82) is 0 Å². The summed E-state index contributed by atoms with van der Waals surface area (Å²) in [6, 6.07) is 3.32. The van der Waals surface area contributed by atoms with Gasteiger partial charge in [0.1, 0.15) is 11.9 Å². The summed E-state index contributed by atoms with van der Waals surface area (Å²) in [6.45, 7) is 1.01. The van der Waals surface area contributed by atoms with Crippen molar-refractivity contribution in [2.75, 3.05) is 25.0 Å². The Bertz CT molecular complexity index is 329. The molecule has 0 aliphatic heterocycles. The highest BCUT2D eigenvalue weighted by Gasteiger charge is 2.16. The maximum Gasteiger partial charge on any atom is 0.387 e. The van der Waals surface area contributed by atoms with Crippen LogP contribution in [-0.4, -0.2) is 30.0 Å². The lowest BCUT2D eigenvalue weighted by Crippen LogP contribution is -2.25. The molecule has 0 atom stereocenters. The van der Waals surface area contributed by atoms with Gasteiger partial charge in [0.2, 0.25) is 0 Å². The van der Waals surface area contributed by atoms with E-state index in [0.717, 1.165) is 0 Å². The van der Waals surface area contributed by atoms with Gasteiger partial charge in [-0.3, -0.25) is 0 Å². The van der Waals surface area contributed by atoms with Crippen molar-refractivity contribution in [3.05, 3.63) is 28.4 Å². The monoisotopic (exact) mass is 196 g/mol. The molecule has 0 spiro atoms. The number of hydrogen-bond acceptors (Lipinski definition) is 5. The number of rotatable bonds is 4. The molecule has 0 amide bonds. The van der Waals surface area contributed by atoms with Gasteiger partial charge >= 0.3 is 5.82 Å². The van der Waals surface area contributed by atoms with Crippen LogP contribution < -0.4 is 10.6 Å². The van der Waals surface area contributed by atoms with Gasteiger partial charge in [-0.05, 0) is 22.0 Å². The first kappa shape index (κ1) is 10.4. The third-order valence-corrected chi connectivity index (χ3v) is 1.81. The van der Waals surface area contributed by atoms with Crippen molar-refractivity contribution in [1.82, 2.24) is 4.98 Å². The van der Waals surface area contributed by atoms with Crippen LogP contribution in [0, 0.1) is 10.1 Å². The fourth-order valence-corrected chi connectivity index (χ4v) is 1.14. The summed E-state index contributed by atoms with van der Waals surface area (Å²) in [6.07, 6.45) is 1.40. The van der Waals surface area contributed by atoms with Crippen molar-refractivity contribution < 1.29 is 4.92 Å². The Hall–Kier alpha value is -1.69. The van der Waals surface area contributed by atoms with Gasteiger partial charge in [0.25, 0.3) is 0 Å². The summed E-state index contributed by atoms with van der Waals surface area (Å²) in [4.78, 5) is 15.5. The van der Waals surface area contributed by atoms with Crippen LogP contribution in [0.15, 0.2) is 18.3 Å². The van der Waals surface area contributed by atoms with E-state index in [2.05, 4.69) is 4.98 Å². The summed E-state index contributed by atoms with van der Waals surface area (Å²) in [7, 11) is 1.75. The molecule has 0 aliphatic carbocycles. The third kappa shape index (κ3) is 2.17. The number of nitrogens with zero attached hydrogens (tertiary/aromatic N) is 3. The highest BCUT2D eigenvalue weighted by molar-refractivity contribution is 5.58. The van der Waals surface area contributed by atoms with Crippen LogP contribution in [0.5, 0.6) is 0 Å². The molecule has 0 bridgehead atoms. The van der Waals surface area contributed by atoms with Crippen molar-refractivity contribution in [2.24, 2.45) is 5.73 Å². The average Bonchev–Trinajstić information content (AvgIpc) is 2.18. The molecule has 0 saturated heterocycles. The number of anilines is 1. The molecular formula is C8H12N4O2. The van der Waals surface area contributed by atoms with E-state index in [9.17, 15) is 10.1 Å². The standard InChI is InChI=1S/C8H12N4O2/c1-11(6-4-9)7-3-2-5-10-8(7)12(13)14/h2-3,5H,4,6,9H2,1H3. The van der Waals surface area contributed by atoms with Crippen LogP contribution in [0.25, 0.3) is 0 Å². The Labute approximate surface area is 81.5 Å². The molecule has 1 heterocycles. The molecule has 6 nitrogen and oxygen atoms in total. The Morgan fingerprint density at radius 3 is 3.00 bits per heavy atom. The molecule has 2 N–H and O–H groups in total. The second-order valence-corrected chi connectivity index (χ2v) is 2.81. The van der Waals surface area contributed by atoms with Crippen LogP contribution in [0.1, 0.15) is 0 Å². The molecule has 0 unspecified atom stereocenters. The normalized spacial score (nSPS) is 9.86. The maximum absolute atomic E-state index is 10.6. The fourth-order valence-electron chi connectivity index (χ4n) is 1.14. The zero-order chi connectivity index (χ0) is 10.6. The van der Waals surface area contributed by atoms with Crippen molar-refractivity contribution in [3.63, 3.8) is 0 Å². The Kier molecular flexibility index (Phi) is 3.35. The zero-order valence-electron chi connectivity index (χ0n) is 7.88. The molecule has 0 saturated carbocycles. The van der Waals surface area contributed by atoms with Gasteiger partial charge in [-0.15, -0.1) is 0 Å². The van der Waals surface area contributed by atoms with E-state index in [1.165, 1.54) is 6.20 Å². The highest BCUT2D eigenvalue weighted by atomic mass is 16.6. The van der Waals surface area contributed by atoms with E-state index < -0.39 is 4.92 Å². The maximum atomic E-state index is 10.6. The highest BCUT2D eigenvalue weighted by Crippen LogP contribution is 2.23. The van der Waals surface area contributed by atoms with Gasteiger partial charge in [-0.1, -0.05) is 0 Å². The van der Waals surface area contributed by atoms with Gasteiger partial charge in [0.15, 0.2) is 0 Å². The topological polar surface area (TPSA) is 85.3 Å². The zero-order valence-corrected chi connectivity index (χ0v) is 7.88. The minimum absolute atomic E-state index is 0.136. The second-order valence-electron chi connectivity index (χ2n) is 2.81. The molecule has 1 aromatic rings. The lowest BCUT2D eigenvalue weighted by molar-refractivity contribution is -0.388. The summed E-state index contributed by atoms with van der Waals surface area (Å²) < 4.78 is 0. The SMILES string of the molecule is CN(CCN)c1cccnc1[N+](=O)[O-].